The van der Waals surface area contributed by atoms with E-state index in [1.54, 1.807) is 0 Å². The number of hydrogen-bond acceptors (Lipinski definition) is 6. The molecule has 7 heteroatoms. The highest BCUT2D eigenvalue weighted by atomic mass is 32.2. The summed E-state index contributed by atoms with van der Waals surface area (Å²) in [7, 11) is 0. The molecule has 32 heavy (non-hydrogen) atoms. The third-order valence-electron chi connectivity index (χ3n) is 5.71. The second kappa shape index (κ2) is 11.3. The molecule has 6 nitrogen and oxygen atoms in total. The van der Waals surface area contributed by atoms with Crippen molar-refractivity contribution in [3.63, 3.8) is 0 Å². The van der Waals surface area contributed by atoms with E-state index >= 15 is 0 Å². The number of amides is 1. The SMILES string of the molecule is Cc1cccc(CSCCNC(=O)C2CCN(Cc3nc(-c4ccccc4)no3)CC2)c1. The first-order chi connectivity index (χ1) is 15.7. The van der Waals surface area contributed by atoms with Crippen LogP contribution in [-0.2, 0) is 17.1 Å². The zero-order valence-corrected chi connectivity index (χ0v) is 19.3. The van der Waals surface area contributed by atoms with Gasteiger partial charge in [-0.15, -0.1) is 0 Å². The van der Waals surface area contributed by atoms with E-state index in [9.17, 15) is 4.79 Å². The van der Waals surface area contributed by atoms with Crippen LogP contribution in [0.2, 0.25) is 0 Å². The Balaban J connectivity index is 1.13. The van der Waals surface area contributed by atoms with Crippen molar-refractivity contribution in [1.82, 2.24) is 20.4 Å². The van der Waals surface area contributed by atoms with E-state index in [1.807, 2.05) is 42.1 Å². The molecule has 1 aliphatic rings. The summed E-state index contributed by atoms with van der Waals surface area (Å²) in [6, 6.07) is 18.4. The number of aromatic nitrogens is 2. The summed E-state index contributed by atoms with van der Waals surface area (Å²) in [5, 5.41) is 7.21. The molecule has 0 aliphatic carbocycles. The van der Waals surface area contributed by atoms with E-state index in [4.69, 9.17) is 4.52 Å². The highest BCUT2D eigenvalue weighted by molar-refractivity contribution is 7.98. The minimum absolute atomic E-state index is 0.0931. The van der Waals surface area contributed by atoms with E-state index in [0.717, 1.165) is 49.5 Å². The fraction of sp³-hybridized carbons (Fsp3) is 0.400. The van der Waals surface area contributed by atoms with Crippen molar-refractivity contribution < 1.29 is 9.32 Å². The van der Waals surface area contributed by atoms with Gasteiger partial charge in [-0.1, -0.05) is 65.3 Å². The molecule has 2 aromatic carbocycles. The lowest BCUT2D eigenvalue weighted by molar-refractivity contribution is -0.126. The van der Waals surface area contributed by atoms with Gasteiger partial charge in [-0.3, -0.25) is 9.69 Å². The predicted molar refractivity (Wildman–Crippen MR) is 128 cm³/mol. The predicted octanol–water partition coefficient (Wildman–Crippen LogP) is 4.31. The van der Waals surface area contributed by atoms with Crippen LogP contribution >= 0.6 is 11.8 Å². The maximum Gasteiger partial charge on any atom is 0.241 e. The maximum absolute atomic E-state index is 12.5. The summed E-state index contributed by atoms with van der Waals surface area (Å²) in [6.45, 7) is 5.19. The molecule has 3 aromatic rings. The molecule has 0 radical (unpaired) electrons. The van der Waals surface area contributed by atoms with E-state index in [2.05, 4.69) is 51.5 Å². The third kappa shape index (κ3) is 6.43. The standard InChI is InChI=1S/C25H30N4O2S/c1-19-6-5-7-20(16-19)18-32-15-12-26-25(30)22-10-13-29(14-11-22)17-23-27-24(28-31-23)21-8-3-2-4-9-21/h2-9,16,22H,10-15,17-18H2,1H3,(H,26,30). The van der Waals surface area contributed by atoms with Crippen LogP contribution in [0.15, 0.2) is 59.1 Å². The summed E-state index contributed by atoms with van der Waals surface area (Å²) in [5.41, 5.74) is 3.58. The molecule has 1 amide bonds. The first-order valence-corrected chi connectivity index (χ1v) is 12.3. The maximum atomic E-state index is 12.5. The molecule has 1 aliphatic heterocycles. The van der Waals surface area contributed by atoms with Gasteiger partial charge < -0.3 is 9.84 Å². The number of aryl methyl sites for hydroxylation is 1. The number of hydrogen-bond donors (Lipinski definition) is 1. The van der Waals surface area contributed by atoms with Crippen LogP contribution in [0, 0.1) is 12.8 Å². The molecule has 0 spiro atoms. The highest BCUT2D eigenvalue weighted by Crippen LogP contribution is 2.21. The van der Waals surface area contributed by atoms with Crippen LogP contribution in [0.1, 0.15) is 29.9 Å². The van der Waals surface area contributed by atoms with Crippen LogP contribution < -0.4 is 5.32 Å². The van der Waals surface area contributed by atoms with Crippen molar-refractivity contribution in [1.29, 1.82) is 0 Å². The lowest BCUT2D eigenvalue weighted by atomic mass is 9.96. The zero-order valence-electron chi connectivity index (χ0n) is 18.5. The second-order valence-corrected chi connectivity index (χ2v) is 9.37. The molecule has 1 fully saturated rings. The van der Waals surface area contributed by atoms with Crippen molar-refractivity contribution in [2.45, 2.75) is 32.1 Å². The molecule has 0 unspecified atom stereocenters. The third-order valence-corrected chi connectivity index (χ3v) is 6.74. The topological polar surface area (TPSA) is 71.3 Å². The van der Waals surface area contributed by atoms with Crippen LogP contribution in [0.25, 0.3) is 11.4 Å². The van der Waals surface area contributed by atoms with Crippen LogP contribution in [0.5, 0.6) is 0 Å². The molecule has 2 heterocycles. The number of carbonyl (C=O) groups is 1. The van der Waals surface area contributed by atoms with Gasteiger partial charge >= 0.3 is 0 Å². The van der Waals surface area contributed by atoms with Gasteiger partial charge in [-0.2, -0.15) is 16.7 Å². The molecule has 1 aromatic heterocycles. The van der Waals surface area contributed by atoms with Gasteiger partial charge in [0, 0.05) is 29.5 Å². The van der Waals surface area contributed by atoms with Crippen molar-refractivity contribution in [3.05, 3.63) is 71.6 Å². The molecular weight excluding hydrogens is 420 g/mol. The molecule has 0 saturated carbocycles. The minimum atomic E-state index is 0.0931. The zero-order chi connectivity index (χ0) is 22.2. The minimum Gasteiger partial charge on any atom is -0.355 e. The quantitative estimate of drug-likeness (QED) is 0.490. The van der Waals surface area contributed by atoms with Gasteiger partial charge in [0.2, 0.25) is 17.6 Å². The van der Waals surface area contributed by atoms with Gasteiger partial charge in [0.1, 0.15) is 0 Å². The smallest absolute Gasteiger partial charge is 0.241 e. The monoisotopic (exact) mass is 450 g/mol. The largest absolute Gasteiger partial charge is 0.355 e. The van der Waals surface area contributed by atoms with E-state index < -0.39 is 0 Å². The second-order valence-electron chi connectivity index (χ2n) is 8.26. The van der Waals surface area contributed by atoms with Gasteiger partial charge in [0.25, 0.3) is 0 Å². The highest BCUT2D eigenvalue weighted by Gasteiger charge is 2.25. The van der Waals surface area contributed by atoms with Crippen LogP contribution in [-0.4, -0.2) is 46.3 Å². The van der Waals surface area contributed by atoms with Gasteiger partial charge in [0.05, 0.1) is 6.54 Å². The fourth-order valence-corrected chi connectivity index (χ4v) is 4.76. The lowest BCUT2D eigenvalue weighted by Crippen LogP contribution is -2.40. The first kappa shape index (κ1) is 22.6. The molecule has 0 bridgehead atoms. The summed E-state index contributed by atoms with van der Waals surface area (Å²) in [6.07, 6.45) is 1.73. The number of likely N-dealkylation sites (tertiary alicyclic amines) is 1. The van der Waals surface area contributed by atoms with E-state index in [0.29, 0.717) is 18.3 Å². The number of piperidine rings is 1. The Morgan fingerprint density at radius 2 is 1.97 bits per heavy atom. The summed E-state index contributed by atoms with van der Waals surface area (Å²) in [5.74, 6) is 3.44. The average Bonchev–Trinajstić information content (AvgIpc) is 3.28. The number of thioether (sulfide) groups is 1. The van der Waals surface area contributed by atoms with Gasteiger partial charge in [-0.05, 0) is 38.4 Å². The van der Waals surface area contributed by atoms with E-state index in [-0.39, 0.29) is 11.8 Å². The Hall–Kier alpha value is -2.64. The lowest BCUT2D eigenvalue weighted by Gasteiger charge is -2.30. The van der Waals surface area contributed by atoms with Gasteiger partial charge in [-0.25, -0.2) is 0 Å². The Labute approximate surface area is 193 Å². The summed E-state index contributed by atoms with van der Waals surface area (Å²) in [4.78, 5) is 19.3. The Morgan fingerprint density at radius 1 is 1.16 bits per heavy atom. The number of nitrogens with zero attached hydrogens (tertiary/aromatic N) is 3. The molecule has 1 saturated heterocycles. The normalized spacial score (nSPS) is 15.0. The molecule has 1 N–H and O–H groups in total. The Bertz CT molecular complexity index is 1000. The van der Waals surface area contributed by atoms with E-state index in [1.165, 1.54) is 11.1 Å². The molecule has 168 valence electrons. The Morgan fingerprint density at radius 3 is 2.75 bits per heavy atom. The fourth-order valence-electron chi connectivity index (χ4n) is 3.95. The Kier molecular flexibility index (Phi) is 7.96. The van der Waals surface area contributed by atoms with Crippen molar-refractivity contribution in [2.75, 3.05) is 25.4 Å². The summed E-state index contributed by atoms with van der Waals surface area (Å²) >= 11 is 1.86. The number of carbonyl (C=O) groups excluding carboxylic acids is 1. The van der Waals surface area contributed by atoms with Crippen LogP contribution in [0.4, 0.5) is 0 Å². The van der Waals surface area contributed by atoms with Crippen molar-refractivity contribution in [2.24, 2.45) is 5.92 Å². The number of rotatable bonds is 9. The van der Waals surface area contributed by atoms with Gasteiger partial charge in [0.15, 0.2) is 0 Å². The molecule has 4 rings (SSSR count). The number of benzene rings is 2. The van der Waals surface area contributed by atoms with Crippen molar-refractivity contribution in [3.8, 4) is 11.4 Å². The molecular formula is C25H30N4O2S. The van der Waals surface area contributed by atoms with Crippen LogP contribution in [0.3, 0.4) is 0 Å². The average molecular weight is 451 g/mol. The summed E-state index contributed by atoms with van der Waals surface area (Å²) < 4.78 is 5.43. The molecule has 0 atom stereocenters. The first-order valence-electron chi connectivity index (χ1n) is 11.2. The number of nitrogens with one attached hydrogen (secondary N) is 1. The van der Waals surface area contributed by atoms with Crippen molar-refractivity contribution >= 4 is 17.7 Å².